The molecule has 0 unspecified atom stereocenters. The van der Waals surface area contributed by atoms with Gasteiger partial charge in [-0.25, -0.2) is 0 Å². The zero-order valence-corrected chi connectivity index (χ0v) is 10.6. The highest BCUT2D eigenvalue weighted by Crippen LogP contribution is 2.29. The molecule has 0 atom stereocenters. The molecule has 0 aliphatic heterocycles. The molecular weight excluding hydrogens is 226 g/mol. The molecule has 0 saturated carbocycles. The number of nitrogens with zero attached hydrogens (tertiary/aromatic N) is 2. The summed E-state index contributed by atoms with van der Waals surface area (Å²) in [5.74, 6) is 1.29. The maximum atomic E-state index is 6.00. The van der Waals surface area contributed by atoms with Crippen molar-refractivity contribution in [1.29, 1.82) is 0 Å². The van der Waals surface area contributed by atoms with Gasteiger partial charge in [-0.05, 0) is 25.1 Å². The maximum absolute atomic E-state index is 6.00. The van der Waals surface area contributed by atoms with Crippen molar-refractivity contribution in [2.45, 2.75) is 6.92 Å². The van der Waals surface area contributed by atoms with E-state index in [4.69, 9.17) is 10.5 Å². The van der Waals surface area contributed by atoms with E-state index in [1.165, 1.54) is 0 Å². The highest BCUT2D eigenvalue weighted by molar-refractivity contribution is 5.71. The first-order chi connectivity index (χ1) is 8.76. The summed E-state index contributed by atoms with van der Waals surface area (Å²) in [5, 5.41) is 0. The number of ether oxygens (including phenoxy) is 1. The van der Waals surface area contributed by atoms with Gasteiger partial charge in [-0.3, -0.25) is 0 Å². The molecule has 2 aromatic rings. The van der Waals surface area contributed by atoms with Gasteiger partial charge in [0.1, 0.15) is 0 Å². The SMILES string of the molecule is CCN(c1ccccc1)c1nc(OC)ccc1N. The number of methoxy groups -OCH3 is 1. The van der Waals surface area contributed by atoms with Crippen LogP contribution in [0, 0.1) is 0 Å². The van der Waals surface area contributed by atoms with Gasteiger partial charge in [0, 0.05) is 18.3 Å². The van der Waals surface area contributed by atoms with Crippen molar-refractivity contribution in [1.82, 2.24) is 4.98 Å². The summed E-state index contributed by atoms with van der Waals surface area (Å²) in [6.45, 7) is 2.85. The number of nitrogens with two attached hydrogens (primary N) is 1. The van der Waals surface area contributed by atoms with Gasteiger partial charge in [0.15, 0.2) is 5.82 Å². The molecule has 0 radical (unpaired) electrons. The van der Waals surface area contributed by atoms with E-state index in [1.54, 1.807) is 13.2 Å². The lowest BCUT2D eigenvalue weighted by atomic mass is 10.2. The van der Waals surface area contributed by atoms with Crippen molar-refractivity contribution < 1.29 is 4.74 Å². The summed E-state index contributed by atoms with van der Waals surface area (Å²) in [7, 11) is 1.60. The van der Waals surface area contributed by atoms with E-state index in [0.29, 0.717) is 11.6 Å². The van der Waals surface area contributed by atoms with E-state index in [1.807, 2.05) is 36.4 Å². The number of nitrogen functional groups attached to an aromatic ring is 1. The predicted octanol–water partition coefficient (Wildman–Crippen LogP) is 2.83. The third-order valence-corrected chi connectivity index (χ3v) is 2.73. The Balaban J connectivity index is 2.44. The third-order valence-electron chi connectivity index (χ3n) is 2.73. The molecule has 4 heteroatoms. The highest BCUT2D eigenvalue weighted by atomic mass is 16.5. The second-order valence-electron chi connectivity index (χ2n) is 3.85. The summed E-state index contributed by atoms with van der Waals surface area (Å²) in [4.78, 5) is 6.47. The second-order valence-corrected chi connectivity index (χ2v) is 3.85. The lowest BCUT2D eigenvalue weighted by molar-refractivity contribution is 0.398. The first-order valence-corrected chi connectivity index (χ1v) is 5.89. The first-order valence-electron chi connectivity index (χ1n) is 5.89. The van der Waals surface area contributed by atoms with Gasteiger partial charge in [-0.2, -0.15) is 4.98 Å². The van der Waals surface area contributed by atoms with Crippen LogP contribution in [0.15, 0.2) is 42.5 Å². The molecule has 0 aliphatic rings. The van der Waals surface area contributed by atoms with Gasteiger partial charge in [0.05, 0.1) is 12.8 Å². The number of benzene rings is 1. The third kappa shape index (κ3) is 2.37. The fourth-order valence-corrected chi connectivity index (χ4v) is 1.83. The monoisotopic (exact) mass is 243 g/mol. The largest absolute Gasteiger partial charge is 0.481 e. The Morgan fingerprint density at radius 3 is 2.50 bits per heavy atom. The average molecular weight is 243 g/mol. The predicted molar refractivity (Wildman–Crippen MR) is 74.3 cm³/mol. The second kappa shape index (κ2) is 5.40. The molecule has 18 heavy (non-hydrogen) atoms. The maximum Gasteiger partial charge on any atom is 0.215 e. The Morgan fingerprint density at radius 2 is 1.89 bits per heavy atom. The van der Waals surface area contributed by atoms with Gasteiger partial charge >= 0.3 is 0 Å². The Morgan fingerprint density at radius 1 is 1.17 bits per heavy atom. The first kappa shape index (κ1) is 12.2. The van der Waals surface area contributed by atoms with E-state index >= 15 is 0 Å². The molecule has 2 N–H and O–H groups in total. The van der Waals surface area contributed by atoms with Gasteiger partial charge in [-0.1, -0.05) is 18.2 Å². The van der Waals surface area contributed by atoms with Gasteiger partial charge in [0.2, 0.25) is 5.88 Å². The summed E-state index contributed by atoms with van der Waals surface area (Å²) in [6, 6.07) is 13.6. The molecule has 0 saturated heterocycles. The summed E-state index contributed by atoms with van der Waals surface area (Å²) in [5.41, 5.74) is 7.70. The zero-order chi connectivity index (χ0) is 13.0. The quantitative estimate of drug-likeness (QED) is 0.897. The van der Waals surface area contributed by atoms with Gasteiger partial charge < -0.3 is 15.4 Å². The van der Waals surface area contributed by atoms with Crippen LogP contribution in [-0.4, -0.2) is 18.6 Å². The molecule has 0 spiro atoms. The number of hydrogen-bond acceptors (Lipinski definition) is 4. The minimum Gasteiger partial charge on any atom is -0.481 e. The van der Waals surface area contributed by atoms with Crippen molar-refractivity contribution in [3.05, 3.63) is 42.5 Å². The lowest BCUT2D eigenvalue weighted by Crippen LogP contribution is -2.19. The standard InChI is InChI=1S/C14H17N3O/c1-3-17(11-7-5-4-6-8-11)14-12(15)9-10-13(16-14)18-2/h4-10H,3,15H2,1-2H3. The Hall–Kier alpha value is -2.23. The van der Waals surface area contributed by atoms with Crippen LogP contribution in [0.3, 0.4) is 0 Å². The molecular formula is C14H17N3O. The number of hydrogen-bond donors (Lipinski definition) is 1. The number of pyridine rings is 1. The van der Waals surface area contributed by atoms with Crippen LogP contribution in [0.1, 0.15) is 6.92 Å². The molecule has 94 valence electrons. The van der Waals surface area contributed by atoms with Crippen molar-refractivity contribution >= 4 is 17.2 Å². The summed E-state index contributed by atoms with van der Waals surface area (Å²) >= 11 is 0. The molecule has 1 aromatic carbocycles. The minimum atomic E-state index is 0.564. The number of anilines is 3. The smallest absolute Gasteiger partial charge is 0.215 e. The van der Waals surface area contributed by atoms with E-state index in [-0.39, 0.29) is 0 Å². The van der Waals surface area contributed by atoms with Gasteiger partial charge in [0.25, 0.3) is 0 Å². The molecule has 0 fully saturated rings. The van der Waals surface area contributed by atoms with E-state index < -0.39 is 0 Å². The van der Waals surface area contributed by atoms with E-state index in [9.17, 15) is 0 Å². The van der Waals surface area contributed by atoms with Crippen molar-refractivity contribution in [3.63, 3.8) is 0 Å². The van der Waals surface area contributed by atoms with Crippen LogP contribution in [0.4, 0.5) is 17.2 Å². The molecule has 0 amide bonds. The number of para-hydroxylation sites is 1. The fraction of sp³-hybridized carbons (Fsp3) is 0.214. The number of rotatable bonds is 4. The summed E-state index contributed by atoms with van der Waals surface area (Å²) < 4.78 is 5.15. The molecule has 0 bridgehead atoms. The Kier molecular flexibility index (Phi) is 3.67. The molecule has 1 aromatic heterocycles. The van der Waals surface area contributed by atoms with Crippen LogP contribution >= 0.6 is 0 Å². The van der Waals surface area contributed by atoms with Crippen LogP contribution in [0.5, 0.6) is 5.88 Å². The van der Waals surface area contributed by atoms with Gasteiger partial charge in [-0.15, -0.1) is 0 Å². The zero-order valence-electron chi connectivity index (χ0n) is 10.6. The Labute approximate surface area is 107 Å². The van der Waals surface area contributed by atoms with Crippen molar-refractivity contribution in [2.75, 3.05) is 24.3 Å². The lowest BCUT2D eigenvalue weighted by Gasteiger charge is -2.23. The average Bonchev–Trinajstić information content (AvgIpc) is 2.43. The fourth-order valence-electron chi connectivity index (χ4n) is 1.83. The molecule has 4 nitrogen and oxygen atoms in total. The number of aromatic nitrogens is 1. The van der Waals surface area contributed by atoms with Crippen LogP contribution in [0.25, 0.3) is 0 Å². The van der Waals surface area contributed by atoms with Crippen LogP contribution in [-0.2, 0) is 0 Å². The topological polar surface area (TPSA) is 51.4 Å². The van der Waals surface area contributed by atoms with Crippen molar-refractivity contribution in [2.24, 2.45) is 0 Å². The molecule has 2 rings (SSSR count). The Bertz CT molecular complexity index is 514. The molecule has 1 heterocycles. The minimum absolute atomic E-state index is 0.564. The highest BCUT2D eigenvalue weighted by Gasteiger charge is 2.12. The normalized spacial score (nSPS) is 10.1. The van der Waals surface area contributed by atoms with Crippen LogP contribution in [0.2, 0.25) is 0 Å². The van der Waals surface area contributed by atoms with E-state index in [2.05, 4.69) is 16.8 Å². The summed E-state index contributed by atoms with van der Waals surface area (Å²) in [6.07, 6.45) is 0. The van der Waals surface area contributed by atoms with E-state index in [0.717, 1.165) is 18.1 Å². The molecule has 0 aliphatic carbocycles. The van der Waals surface area contributed by atoms with Crippen LogP contribution < -0.4 is 15.4 Å². The van der Waals surface area contributed by atoms with Crippen molar-refractivity contribution in [3.8, 4) is 5.88 Å².